The molecule has 0 aromatic rings. The third-order valence-corrected chi connectivity index (χ3v) is 9.76. The first-order chi connectivity index (χ1) is 27.1. The number of hydrogen-bond donors (Lipinski definition) is 1. The molecular formula is C50H86O5. The molecule has 0 rings (SSSR count). The van der Waals surface area contributed by atoms with Gasteiger partial charge in [-0.1, -0.05) is 209 Å². The second-order valence-corrected chi connectivity index (χ2v) is 15.1. The maximum absolute atomic E-state index is 12.2. The van der Waals surface area contributed by atoms with E-state index in [1.165, 1.54) is 109 Å². The average Bonchev–Trinajstić information content (AvgIpc) is 3.19. The molecule has 0 heterocycles. The molecule has 0 aromatic carbocycles. The third-order valence-electron chi connectivity index (χ3n) is 9.76. The Morgan fingerprint density at radius 2 is 0.782 bits per heavy atom. The Labute approximate surface area is 340 Å². The lowest BCUT2D eigenvalue weighted by Gasteiger charge is -2.15. The number of allylic oxidation sites excluding steroid dienone is 12. The number of carbonyl (C=O) groups excluding carboxylic acids is 2. The standard InChI is InChI=1S/C50H86O5/c1-3-5-7-9-11-12-13-14-15-16-17-18-19-20-21-22-23-24-25-26-27-28-29-30-31-32-33-34-35-36-37-38-39-41-43-45-50(53)55-48(46-51)47-54-49(52)44-42-40-10-8-6-4-2/h5,7,11-12,14-15,17-18,20-21,23-24,48,51H,3-4,6,8-10,13,16,19,22,25-47H2,1-2H3/b7-5-,12-11-,15-14-,18-17-,21-20-,24-23-. The van der Waals surface area contributed by atoms with Gasteiger partial charge < -0.3 is 14.6 Å². The van der Waals surface area contributed by atoms with E-state index in [4.69, 9.17) is 9.47 Å². The zero-order chi connectivity index (χ0) is 40.0. The van der Waals surface area contributed by atoms with Gasteiger partial charge >= 0.3 is 11.9 Å². The van der Waals surface area contributed by atoms with Gasteiger partial charge in [0.15, 0.2) is 6.10 Å². The van der Waals surface area contributed by atoms with E-state index >= 15 is 0 Å². The molecule has 0 saturated heterocycles. The molecule has 0 radical (unpaired) electrons. The summed E-state index contributed by atoms with van der Waals surface area (Å²) in [5.41, 5.74) is 0. The van der Waals surface area contributed by atoms with E-state index in [1.54, 1.807) is 0 Å². The molecule has 0 aromatic heterocycles. The number of hydrogen-bond acceptors (Lipinski definition) is 5. The van der Waals surface area contributed by atoms with Crippen molar-refractivity contribution in [1.29, 1.82) is 0 Å². The molecule has 0 aliphatic heterocycles. The Bertz CT molecular complexity index is 1000. The molecule has 0 saturated carbocycles. The van der Waals surface area contributed by atoms with Crippen LogP contribution in [-0.4, -0.2) is 36.4 Å². The Hall–Kier alpha value is -2.66. The minimum Gasteiger partial charge on any atom is -0.462 e. The average molecular weight is 767 g/mol. The highest BCUT2D eigenvalue weighted by molar-refractivity contribution is 5.70. The van der Waals surface area contributed by atoms with Crippen molar-refractivity contribution in [3.05, 3.63) is 72.9 Å². The first kappa shape index (κ1) is 52.3. The highest BCUT2D eigenvalue weighted by atomic mass is 16.6. The Kier molecular flexibility index (Phi) is 43.5. The molecule has 55 heavy (non-hydrogen) atoms. The lowest BCUT2D eigenvalue weighted by molar-refractivity contribution is -0.161. The predicted octanol–water partition coefficient (Wildman–Crippen LogP) is 14.9. The summed E-state index contributed by atoms with van der Waals surface area (Å²) in [6.07, 6.45) is 61.7. The highest BCUT2D eigenvalue weighted by Crippen LogP contribution is 2.15. The smallest absolute Gasteiger partial charge is 0.306 e. The molecular weight excluding hydrogens is 681 g/mol. The van der Waals surface area contributed by atoms with Crippen molar-refractivity contribution in [2.45, 2.75) is 219 Å². The summed E-state index contributed by atoms with van der Waals surface area (Å²) in [4.78, 5) is 24.1. The molecule has 0 bridgehead atoms. The monoisotopic (exact) mass is 767 g/mol. The van der Waals surface area contributed by atoms with Crippen LogP contribution in [0.4, 0.5) is 0 Å². The molecule has 0 aliphatic rings. The lowest BCUT2D eigenvalue weighted by atomic mass is 10.0. The number of esters is 2. The van der Waals surface area contributed by atoms with Crippen molar-refractivity contribution >= 4 is 11.9 Å². The van der Waals surface area contributed by atoms with Gasteiger partial charge in [-0.05, 0) is 64.2 Å². The van der Waals surface area contributed by atoms with Crippen molar-refractivity contribution in [3.63, 3.8) is 0 Å². The summed E-state index contributed by atoms with van der Waals surface area (Å²) >= 11 is 0. The molecule has 0 spiro atoms. The summed E-state index contributed by atoms with van der Waals surface area (Å²) in [6, 6.07) is 0. The van der Waals surface area contributed by atoms with Crippen LogP contribution in [0.2, 0.25) is 0 Å². The van der Waals surface area contributed by atoms with Gasteiger partial charge in [0.25, 0.3) is 0 Å². The topological polar surface area (TPSA) is 72.8 Å². The Balaban J connectivity index is 3.44. The van der Waals surface area contributed by atoms with Crippen LogP contribution < -0.4 is 0 Å². The summed E-state index contributed by atoms with van der Waals surface area (Å²) < 4.78 is 10.5. The van der Waals surface area contributed by atoms with Crippen molar-refractivity contribution in [1.82, 2.24) is 0 Å². The van der Waals surface area contributed by atoms with Gasteiger partial charge in [-0.2, -0.15) is 0 Å². The predicted molar refractivity (Wildman–Crippen MR) is 237 cm³/mol. The molecule has 1 N–H and O–H groups in total. The first-order valence-electron chi connectivity index (χ1n) is 23.0. The minimum absolute atomic E-state index is 0.0657. The highest BCUT2D eigenvalue weighted by Gasteiger charge is 2.16. The zero-order valence-corrected chi connectivity index (χ0v) is 35.9. The summed E-state index contributed by atoms with van der Waals surface area (Å²) in [5, 5.41) is 9.51. The van der Waals surface area contributed by atoms with E-state index in [0.717, 1.165) is 77.0 Å². The van der Waals surface area contributed by atoms with Crippen LogP contribution >= 0.6 is 0 Å². The molecule has 0 aliphatic carbocycles. The van der Waals surface area contributed by atoms with E-state index in [0.29, 0.717) is 12.8 Å². The van der Waals surface area contributed by atoms with Crippen LogP contribution in [0.25, 0.3) is 0 Å². The summed E-state index contributed by atoms with van der Waals surface area (Å²) in [7, 11) is 0. The number of carbonyl (C=O) groups is 2. The van der Waals surface area contributed by atoms with Crippen LogP contribution in [0.5, 0.6) is 0 Å². The molecule has 5 nitrogen and oxygen atoms in total. The second kappa shape index (κ2) is 45.7. The van der Waals surface area contributed by atoms with E-state index in [-0.39, 0.29) is 25.2 Å². The Morgan fingerprint density at radius 3 is 1.18 bits per heavy atom. The molecule has 316 valence electrons. The summed E-state index contributed by atoms with van der Waals surface area (Å²) in [6.45, 7) is 3.96. The first-order valence-corrected chi connectivity index (χ1v) is 23.0. The summed E-state index contributed by atoms with van der Waals surface area (Å²) in [5.74, 6) is -0.599. The van der Waals surface area contributed by atoms with E-state index in [2.05, 4.69) is 86.8 Å². The fourth-order valence-corrected chi connectivity index (χ4v) is 6.32. The van der Waals surface area contributed by atoms with Crippen LogP contribution in [-0.2, 0) is 19.1 Å². The maximum Gasteiger partial charge on any atom is 0.306 e. The van der Waals surface area contributed by atoms with Crippen LogP contribution in [0, 0.1) is 0 Å². The number of aliphatic hydroxyl groups is 1. The van der Waals surface area contributed by atoms with Gasteiger partial charge in [0.05, 0.1) is 6.61 Å². The van der Waals surface area contributed by atoms with Crippen molar-refractivity contribution in [3.8, 4) is 0 Å². The van der Waals surface area contributed by atoms with E-state index in [9.17, 15) is 14.7 Å². The van der Waals surface area contributed by atoms with Crippen LogP contribution in [0.3, 0.4) is 0 Å². The quantitative estimate of drug-likeness (QED) is 0.0381. The zero-order valence-electron chi connectivity index (χ0n) is 35.9. The van der Waals surface area contributed by atoms with Crippen molar-refractivity contribution < 1.29 is 24.2 Å². The molecule has 1 atom stereocenters. The van der Waals surface area contributed by atoms with Gasteiger partial charge in [0, 0.05) is 12.8 Å². The van der Waals surface area contributed by atoms with E-state index < -0.39 is 6.10 Å². The second-order valence-electron chi connectivity index (χ2n) is 15.1. The van der Waals surface area contributed by atoms with E-state index in [1.807, 2.05) is 0 Å². The Morgan fingerprint density at radius 1 is 0.436 bits per heavy atom. The lowest BCUT2D eigenvalue weighted by Crippen LogP contribution is -2.28. The number of rotatable bonds is 41. The van der Waals surface area contributed by atoms with Crippen LogP contribution in [0.1, 0.15) is 213 Å². The molecule has 5 heteroatoms. The SMILES string of the molecule is CC/C=C\C/C=C\C/C=C\C/C=C\C/C=C\C/C=C\CCCCCCCCCCCCCCCCCCC(=O)OC(CO)COC(=O)CCCCCCCC. The molecule has 1 unspecified atom stereocenters. The van der Waals surface area contributed by atoms with Gasteiger partial charge in [-0.3, -0.25) is 9.59 Å². The molecule has 0 amide bonds. The molecule has 0 fully saturated rings. The maximum atomic E-state index is 12.2. The van der Waals surface area contributed by atoms with Gasteiger partial charge in [0.1, 0.15) is 6.61 Å². The van der Waals surface area contributed by atoms with Crippen molar-refractivity contribution in [2.24, 2.45) is 0 Å². The van der Waals surface area contributed by atoms with Gasteiger partial charge in [-0.25, -0.2) is 0 Å². The fourth-order valence-electron chi connectivity index (χ4n) is 6.32. The van der Waals surface area contributed by atoms with Gasteiger partial charge in [0.2, 0.25) is 0 Å². The van der Waals surface area contributed by atoms with Crippen LogP contribution in [0.15, 0.2) is 72.9 Å². The number of aliphatic hydroxyl groups excluding tert-OH is 1. The van der Waals surface area contributed by atoms with Crippen molar-refractivity contribution in [2.75, 3.05) is 13.2 Å². The minimum atomic E-state index is -0.767. The number of ether oxygens (including phenoxy) is 2. The fraction of sp³-hybridized carbons (Fsp3) is 0.720. The number of unbranched alkanes of at least 4 members (excludes halogenated alkanes) is 21. The normalized spacial score (nSPS) is 12.9. The van der Waals surface area contributed by atoms with Gasteiger partial charge in [-0.15, -0.1) is 0 Å². The largest absolute Gasteiger partial charge is 0.462 e. The third kappa shape index (κ3) is 43.9.